The van der Waals surface area contributed by atoms with Gasteiger partial charge in [-0.2, -0.15) is 0 Å². The zero-order chi connectivity index (χ0) is 31.3. The summed E-state index contributed by atoms with van der Waals surface area (Å²) in [5.41, 5.74) is 0.902. The summed E-state index contributed by atoms with van der Waals surface area (Å²) in [7, 11) is 0. The maximum Gasteiger partial charge on any atom is 0.353 e. The summed E-state index contributed by atoms with van der Waals surface area (Å²) in [4.78, 5) is 53.8. The lowest BCUT2D eigenvalue weighted by Crippen LogP contribution is -2.63. The normalized spacial score (nSPS) is 25.9. The zero-order valence-corrected chi connectivity index (χ0v) is 26.0. The highest BCUT2D eigenvalue weighted by Gasteiger charge is 2.60. The molecule has 3 aliphatic rings. The Bertz CT molecular complexity index is 1550. The Morgan fingerprint density at radius 1 is 1.07 bits per heavy atom. The molecule has 2 aromatic rings. The molecule has 3 aliphatic heterocycles. The number of halogens is 3. The monoisotopic (exact) mass is 667 g/mol. The maximum absolute atomic E-state index is 13.6. The number of carbonyl (C=O) groups is 4. The molecule has 5 rings (SSSR count). The molecular formula is C29H28Cl3N3O7S. The van der Waals surface area contributed by atoms with Crippen molar-refractivity contribution in [3.8, 4) is 0 Å². The molecule has 2 saturated heterocycles. The van der Waals surface area contributed by atoms with Crippen molar-refractivity contribution in [2.45, 2.75) is 50.3 Å². The van der Waals surface area contributed by atoms with Gasteiger partial charge >= 0.3 is 11.9 Å². The van der Waals surface area contributed by atoms with E-state index in [4.69, 9.17) is 34.8 Å². The van der Waals surface area contributed by atoms with Crippen molar-refractivity contribution in [2.24, 2.45) is 11.8 Å². The van der Waals surface area contributed by atoms with Gasteiger partial charge in [0.1, 0.15) is 5.70 Å². The summed E-state index contributed by atoms with van der Waals surface area (Å²) in [5.74, 6) is -4.14. The number of thioether (sulfide) groups is 1. The lowest BCUT2D eigenvalue weighted by Gasteiger charge is -2.46. The van der Waals surface area contributed by atoms with E-state index in [1.807, 2.05) is 11.8 Å². The third-order valence-corrected chi connectivity index (χ3v) is 10.7. The molecule has 10 nitrogen and oxygen atoms in total. The molecule has 3 heterocycles. The van der Waals surface area contributed by atoms with E-state index in [2.05, 4.69) is 5.32 Å². The first-order valence-electron chi connectivity index (χ1n) is 13.4. The highest BCUT2D eigenvalue weighted by molar-refractivity contribution is 8.03. The van der Waals surface area contributed by atoms with Crippen LogP contribution in [0.3, 0.4) is 0 Å². The first kappa shape index (κ1) is 31.6. The minimum Gasteiger partial charge on any atom is -0.478 e. The fraction of sp³-hybridized carbons (Fsp3) is 0.379. The number of aliphatic carboxylic acids is 1. The number of amides is 2. The van der Waals surface area contributed by atoms with Crippen molar-refractivity contribution in [1.29, 1.82) is 0 Å². The summed E-state index contributed by atoms with van der Waals surface area (Å²) in [6.07, 6.45) is -0.587. The van der Waals surface area contributed by atoms with Crippen molar-refractivity contribution in [3.63, 3.8) is 0 Å². The van der Waals surface area contributed by atoms with Crippen LogP contribution in [-0.4, -0.2) is 78.9 Å². The van der Waals surface area contributed by atoms with Crippen LogP contribution in [0.5, 0.6) is 0 Å². The molecule has 4 N–H and O–H groups in total. The summed E-state index contributed by atoms with van der Waals surface area (Å²) in [6, 6.07) is 7.94. The molecule has 2 fully saturated rings. The second-order valence-electron chi connectivity index (χ2n) is 10.9. The molecule has 43 heavy (non-hydrogen) atoms. The van der Waals surface area contributed by atoms with Gasteiger partial charge in [0.25, 0.3) is 0 Å². The average Bonchev–Trinajstić information content (AvgIpc) is 3.43. The Morgan fingerprint density at radius 3 is 2.42 bits per heavy atom. The SMILES string of the molecule is C[C@@H](O)[C@H]1C(=O)N2C(C(=O)O)=C(S[C@H]3C[C@@H](C(=O)Nc4cccc(C(=O)O)c4)N(Cc4cc(Cl)c(Cl)cc4Cl)C3)[C@H](C)[C@H]12. The molecule has 0 aliphatic carbocycles. The first-order valence-corrected chi connectivity index (χ1v) is 15.5. The summed E-state index contributed by atoms with van der Waals surface area (Å²) in [6.45, 7) is 3.98. The third kappa shape index (κ3) is 5.99. The van der Waals surface area contributed by atoms with E-state index in [9.17, 15) is 34.5 Å². The third-order valence-electron chi connectivity index (χ3n) is 8.11. The van der Waals surface area contributed by atoms with Gasteiger partial charge in [-0.1, -0.05) is 47.8 Å². The summed E-state index contributed by atoms with van der Waals surface area (Å²) < 4.78 is 0. The number of hydrogen-bond donors (Lipinski definition) is 4. The Morgan fingerprint density at radius 2 is 1.77 bits per heavy atom. The number of aliphatic hydroxyl groups is 1. The van der Waals surface area contributed by atoms with Crippen LogP contribution < -0.4 is 5.32 Å². The Hall–Kier alpha value is -2.80. The van der Waals surface area contributed by atoms with Gasteiger partial charge in [-0.15, -0.1) is 11.8 Å². The van der Waals surface area contributed by atoms with E-state index in [-0.39, 0.29) is 39.9 Å². The van der Waals surface area contributed by atoms with Crippen LogP contribution in [0.15, 0.2) is 47.0 Å². The highest BCUT2D eigenvalue weighted by atomic mass is 35.5. The van der Waals surface area contributed by atoms with Gasteiger partial charge in [0.05, 0.1) is 39.7 Å². The first-order chi connectivity index (χ1) is 20.3. The van der Waals surface area contributed by atoms with Crippen LogP contribution in [0.4, 0.5) is 5.69 Å². The van der Waals surface area contributed by atoms with Crippen LogP contribution >= 0.6 is 46.6 Å². The van der Waals surface area contributed by atoms with Crippen molar-refractivity contribution in [1.82, 2.24) is 9.80 Å². The molecular weight excluding hydrogens is 641 g/mol. The van der Waals surface area contributed by atoms with Gasteiger partial charge in [0.15, 0.2) is 0 Å². The molecule has 228 valence electrons. The van der Waals surface area contributed by atoms with Gasteiger partial charge < -0.3 is 25.5 Å². The molecule has 14 heteroatoms. The topological polar surface area (TPSA) is 147 Å². The molecule has 2 amide bonds. The number of carbonyl (C=O) groups excluding carboxylic acids is 2. The Labute approximate surface area is 266 Å². The second kappa shape index (κ2) is 12.3. The molecule has 0 aromatic heterocycles. The summed E-state index contributed by atoms with van der Waals surface area (Å²) in [5, 5.41) is 33.1. The molecule has 0 spiro atoms. The number of likely N-dealkylation sites (tertiary alicyclic amines) is 1. The number of β-lactam (4-membered cyclic amide) rings is 1. The number of benzene rings is 2. The van der Waals surface area contributed by atoms with Crippen LogP contribution in [0.2, 0.25) is 15.1 Å². The number of aliphatic hydroxyl groups excluding tert-OH is 1. The molecule has 0 unspecified atom stereocenters. The number of nitrogens with zero attached hydrogens (tertiary/aromatic N) is 2. The van der Waals surface area contributed by atoms with Gasteiger partial charge in [0, 0.05) is 39.9 Å². The number of rotatable bonds is 9. The molecule has 0 radical (unpaired) electrons. The number of anilines is 1. The van der Waals surface area contributed by atoms with Gasteiger partial charge in [-0.25, -0.2) is 9.59 Å². The minimum absolute atomic E-state index is 0.0233. The smallest absolute Gasteiger partial charge is 0.353 e. The number of fused-ring (bicyclic) bond motifs is 1. The number of nitrogens with one attached hydrogen (secondary N) is 1. The Balaban J connectivity index is 1.42. The maximum atomic E-state index is 13.6. The molecule has 6 atom stereocenters. The van der Waals surface area contributed by atoms with Gasteiger partial charge in [-0.3, -0.25) is 14.5 Å². The van der Waals surface area contributed by atoms with E-state index in [1.54, 1.807) is 12.1 Å². The van der Waals surface area contributed by atoms with Gasteiger partial charge in [-0.05, 0) is 49.2 Å². The van der Waals surface area contributed by atoms with Crippen LogP contribution in [-0.2, 0) is 20.9 Å². The standard InChI is InChI=1S/C29H28Cl3N3O7S/c1-12-23-22(13(2)36)27(38)35(23)24(29(41)42)25(12)43-17-8-21(26(37)33-16-5-3-4-14(6-16)28(39)40)34(11-17)10-15-7-19(31)20(32)9-18(15)30/h3-7,9,12-13,17,21-23,36H,8,10-11H2,1-2H3,(H,33,37)(H,39,40)(H,41,42)/t12-,13-,17+,21+,22-,23-/m1/s1. The number of carboxylic acid groups (broad SMARTS) is 2. The van der Waals surface area contributed by atoms with E-state index >= 15 is 0 Å². The van der Waals surface area contributed by atoms with Crippen LogP contribution in [0, 0.1) is 11.8 Å². The van der Waals surface area contributed by atoms with Crippen molar-refractivity contribution >= 4 is 76.0 Å². The molecule has 0 bridgehead atoms. The largest absolute Gasteiger partial charge is 0.478 e. The predicted molar refractivity (Wildman–Crippen MR) is 163 cm³/mol. The van der Waals surface area contributed by atoms with Crippen molar-refractivity contribution < 1.29 is 34.5 Å². The average molecular weight is 669 g/mol. The van der Waals surface area contributed by atoms with Crippen molar-refractivity contribution in [3.05, 3.63) is 73.2 Å². The predicted octanol–water partition coefficient (Wildman–Crippen LogP) is 4.81. The number of hydrogen-bond acceptors (Lipinski definition) is 7. The minimum atomic E-state index is -1.22. The lowest BCUT2D eigenvalue weighted by molar-refractivity contribution is -0.163. The quantitative estimate of drug-likeness (QED) is 0.218. The number of aromatic carboxylic acids is 1. The molecule has 2 aromatic carbocycles. The van der Waals surface area contributed by atoms with Crippen molar-refractivity contribution in [2.75, 3.05) is 11.9 Å². The summed E-state index contributed by atoms with van der Waals surface area (Å²) >= 11 is 20.1. The lowest BCUT2D eigenvalue weighted by atomic mass is 9.79. The Kier molecular flexibility index (Phi) is 9.04. The van der Waals surface area contributed by atoms with E-state index in [0.29, 0.717) is 39.2 Å². The number of carboxylic acids is 2. The van der Waals surface area contributed by atoms with Crippen LogP contribution in [0.1, 0.15) is 36.2 Å². The second-order valence-corrected chi connectivity index (χ2v) is 13.5. The molecule has 0 saturated carbocycles. The fourth-order valence-electron chi connectivity index (χ4n) is 6.11. The highest BCUT2D eigenvalue weighted by Crippen LogP contribution is 2.52. The van der Waals surface area contributed by atoms with Gasteiger partial charge in [0.2, 0.25) is 11.8 Å². The fourth-order valence-corrected chi connectivity index (χ4v) is 8.30. The van der Waals surface area contributed by atoms with E-state index in [1.165, 1.54) is 47.9 Å². The van der Waals surface area contributed by atoms with E-state index in [0.717, 1.165) is 0 Å². The van der Waals surface area contributed by atoms with E-state index < -0.39 is 42.0 Å². The zero-order valence-electron chi connectivity index (χ0n) is 23.0. The van der Waals surface area contributed by atoms with Crippen LogP contribution in [0.25, 0.3) is 0 Å².